The predicted molar refractivity (Wildman–Crippen MR) is 113 cm³/mol. The topological polar surface area (TPSA) is 112 Å². The van der Waals surface area contributed by atoms with Crippen molar-refractivity contribution >= 4 is 34.6 Å². The van der Waals surface area contributed by atoms with Crippen molar-refractivity contribution in [2.24, 2.45) is 5.73 Å². The highest BCUT2D eigenvalue weighted by atomic mass is 35.5. The molecule has 0 fully saturated rings. The maximum atomic E-state index is 12.4. The Morgan fingerprint density at radius 2 is 1.87 bits per heavy atom. The molecule has 0 aliphatic heterocycles. The van der Waals surface area contributed by atoms with Crippen molar-refractivity contribution in [3.05, 3.63) is 80.2 Å². The minimum atomic E-state index is -0.764. The molecular weight excluding hydrogens is 408 g/mol. The van der Waals surface area contributed by atoms with Gasteiger partial charge in [-0.15, -0.1) is 0 Å². The Labute approximate surface area is 177 Å². The molecule has 0 radical (unpaired) electrons. The average molecular weight is 429 g/mol. The molecule has 1 atom stereocenters. The average Bonchev–Trinajstić information content (AvgIpc) is 2.69. The fourth-order valence-corrected chi connectivity index (χ4v) is 3.27. The van der Waals surface area contributed by atoms with Crippen LogP contribution in [-0.2, 0) is 16.1 Å². The molecule has 3 aromatic rings. The molecular formula is C22H21ClN2O5. The molecule has 1 heterocycles. The zero-order valence-electron chi connectivity index (χ0n) is 16.5. The summed E-state index contributed by atoms with van der Waals surface area (Å²) in [7, 11) is 0. The predicted octanol–water partition coefficient (Wildman–Crippen LogP) is 3.91. The lowest BCUT2D eigenvalue weighted by molar-refractivity contribution is -0.145. The number of rotatable bonds is 6. The molecule has 156 valence electrons. The van der Waals surface area contributed by atoms with Crippen LogP contribution in [0, 0.1) is 13.8 Å². The number of esters is 1. The lowest BCUT2D eigenvalue weighted by Crippen LogP contribution is -2.34. The van der Waals surface area contributed by atoms with Gasteiger partial charge in [-0.25, -0.2) is 9.59 Å². The minimum Gasteiger partial charge on any atom is -0.461 e. The highest BCUT2D eigenvalue weighted by Gasteiger charge is 2.19. The number of carbonyl (C=O) groups excluding carboxylic acids is 2. The Balaban J connectivity index is 1.77. The summed E-state index contributed by atoms with van der Waals surface area (Å²) in [4.78, 5) is 35.7. The SMILES string of the molecule is Cc1ccc2c(COC(=O)CC(NC(N)=O)c3ccc(Cl)cc3)cc(=O)oc2c1C. The maximum absolute atomic E-state index is 12.4. The van der Waals surface area contributed by atoms with E-state index in [0.717, 1.165) is 11.1 Å². The summed E-state index contributed by atoms with van der Waals surface area (Å²) in [5.41, 5.74) is 8.24. The van der Waals surface area contributed by atoms with Gasteiger partial charge in [0, 0.05) is 22.0 Å². The highest BCUT2D eigenvalue weighted by Crippen LogP contribution is 2.24. The van der Waals surface area contributed by atoms with Crippen LogP contribution >= 0.6 is 11.6 Å². The van der Waals surface area contributed by atoms with Crippen LogP contribution in [-0.4, -0.2) is 12.0 Å². The van der Waals surface area contributed by atoms with Gasteiger partial charge in [-0.3, -0.25) is 4.79 Å². The molecule has 30 heavy (non-hydrogen) atoms. The number of aryl methyl sites for hydroxylation is 2. The van der Waals surface area contributed by atoms with Crippen molar-refractivity contribution < 1.29 is 18.7 Å². The van der Waals surface area contributed by atoms with E-state index < -0.39 is 23.7 Å². The number of primary amides is 1. The van der Waals surface area contributed by atoms with E-state index in [1.54, 1.807) is 24.3 Å². The van der Waals surface area contributed by atoms with Gasteiger partial charge in [0.2, 0.25) is 0 Å². The van der Waals surface area contributed by atoms with Crippen LogP contribution in [0.5, 0.6) is 0 Å². The summed E-state index contributed by atoms with van der Waals surface area (Å²) >= 11 is 5.89. The van der Waals surface area contributed by atoms with Crippen LogP contribution in [0.4, 0.5) is 4.79 Å². The van der Waals surface area contributed by atoms with Gasteiger partial charge in [0.1, 0.15) is 12.2 Å². The fraction of sp³-hybridized carbons (Fsp3) is 0.227. The first-order valence-electron chi connectivity index (χ1n) is 9.24. The Kier molecular flexibility index (Phi) is 6.42. The van der Waals surface area contributed by atoms with Crippen molar-refractivity contribution in [2.75, 3.05) is 0 Å². The third-order valence-electron chi connectivity index (χ3n) is 4.87. The monoisotopic (exact) mass is 428 g/mol. The molecule has 0 saturated carbocycles. The Hall–Kier alpha value is -3.32. The number of urea groups is 1. The first-order valence-corrected chi connectivity index (χ1v) is 9.62. The van der Waals surface area contributed by atoms with Crippen LogP contribution in [0.3, 0.4) is 0 Å². The molecule has 1 unspecified atom stereocenters. The summed E-state index contributed by atoms with van der Waals surface area (Å²) in [6.07, 6.45) is -0.137. The van der Waals surface area contributed by atoms with Crippen molar-refractivity contribution in [1.82, 2.24) is 5.32 Å². The van der Waals surface area contributed by atoms with Gasteiger partial charge >= 0.3 is 17.6 Å². The number of fused-ring (bicyclic) bond motifs is 1. The van der Waals surface area contributed by atoms with Crippen molar-refractivity contribution in [2.45, 2.75) is 32.9 Å². The van der Waals surface area contributed by atoms with Crippen molar-refractivity contribution in [3.63, 3.8) is 0 Å². The van der Waals surface area contributed by atoms with Crippen molar-refractivity contribution in [1.29, 1.82) is 0 Å². The normalized spacial score (nSPS) is 11.8. The van der Waals surface area contributed by atoms with Gasteiger partial charge in [-0.2, -0.15) is 0 Å². The Morgan fingerprint density at radius 1 is 1.17 bits per heavy atom. The zero-order chi connectivity index (χ0) is 21.8. The van der Waals surface area contributed by atoms with Gasteiger partial charge in [0.15, 0.2) is 0 Å². The third kappa shape index (κ3) is 4.99. The van der Waals surface area contributed by atoms with Crippen LogP contribution < -0.4 is 16.7 Å². The number of hydrogen-bond donors (Lipinski definition) is 2. The molecule has 7 nitrogen and oxygen atoms in total. The van der Waals surface area contributed by atoms with Crippen LogP contribution in [0.2, 0.25) is 5.02 Å². The standard InChI is InChI=1S/C22H21ClN2O5/c1-12-3-8-17-15(9-20(27)30-21(17)13(12)2)11-29-19(26)10-18(25-22(24)28)14-4-6-16(23)7-5-14/h3-9,18H,10-11H2,1-2H3,(H3,24,25,28). The largest absolute Gasteiger partial charge is 0.461 e. The van der Waals surface area contributed by atoms with Gasteiger partial charge in [0.25, 0.3) is 0 Å². The molecule has 1 aromatic heterocycles. The quantitative estimate of drug-likeness (QED) is 0.456. The molecule has 0 aliphatic carbocycles. The number of carbonyl (C=O) groups is 2. The second-order valence-corrected chi connectivity index (χ2v) is 7.39. The van der Waals surface area contributed by atoms with E-state index >= 15 is 0 Å². The second kappa shape index (κ2) is 9.00. The fourth-order valence-electron chi connectivity index (χ4n) is 3.15. The van der Waals surface area contributed by atoms with Crippen LogP contribution in [0.1, 0.15) is 34.7 Å². The molecule has 0 saturated heterocycles. The van der Waals surface area contributed by atoms with Gasteiger partial charge in [0.05, 0.1) is 12.5 Å². The van der Waals surface area contributed by atoms with E-state index in [0.29, 0.717) is 27.1 Å². The van der Waals surface area contributed by atoms with E-state index in [2.05, 4.69) is 5.32 Å². The number of nitrogens with two attached hydrogens (primary N) is 1. The molecule has 2 aromatic carbocycles. The summed E-state index contributed by atoms with van der Waals surface area (Å²) in [5.74, 6) is -0.561. The Morgan fingerprint density at radius 3 is 2.53 bits per heavy atom. The van der Waals surface area contributed by atoms with Crippen molar-refractivity contribution in [3.8, 4) is 0 Å². The molecule has 3 N–H and O–H groups in total. The third-order valence-corrected chi connectivity index (χ3v) is 5.12. The summed E-state index contributed by atoms with van der Waals surface area (Å²) < 4.78 is 10.7. The smallest absolute Gasteiger partial charge is 0.336 e. The van der Waals surface area contributed by atoms with Gasteiger partial charge < -0.3 is 20.2 Å². The number of hydrogen-bond acceptors (Lipinski definition) is 5. The molecule has 0 bridgehead atoms. The van der Waals surface area contributed by atoms with Crippen LogP contribution in [0.15, 0.2) is 51.7 Å². The summed E-state index contributed by atoms with van der Waals surface area (Å²) in [6, 6.07) is 10.3. The van der Waals surface area contributed by atoms with Crippen LogP contribution in [0.25, 0.3) is 11.0 Å². The number of ether oxygens (including phenoxy) is 1. The second-order valence-electron chi connectivity index (χ2n) is 6.95. The number of benzene rings is 2. The molecule has 0 spiro atoms. The maximum Gasteiger partial charge on any atom is 0.336 e. The van der Waals surface area contributed by atoms with E-state index in [1.165, 1.54) is 6.07 Å². The lowest BCUT2D eigenvalue weighted by atomic mass is 10.0. The van der Waals surface area contributed by atoms with Gasteiger partial charge in [-0.1, -0.05) is 35.9 Å². The van der Waals surface area contributed by atoms with E-state index in [-0.39, 0.29) is 13.0 Å². The number of halogens is 1. The summed E-state index contributed by atoms with van der Waals surface area (Å²) in [5, 5.41) is 3.76. The molecule has 2 amide bonds. The zero-order valence-corrected chi connectivity index (χ0v) is 17.3. The molecule has 8 heteroatoms. The minimum absolute atomic E-state index is 0.104. The van der Waals surface area contributed by atoms with E-state index in [1.807, 2.05) is 26.0 Å². The van der Waals surface area contributed by atoms with E-state index in [9.17, 15) is 14.4 Å². The Bertz CT molecular complexity index is 1150. The molecule has 3 rings (SSSR count). The highest BCUT2D eigenvalue weighted by molar-refractivity contribution is 6.30. The number of amides is 2. The summed E-state index contributed by atoms with van der Waals surface area (Å²) in [6.45, 7) is 3.68. The van der Waals surface area contributed by atoms with Gasteiger partial charge in [-0.05, 0) is 42.7 Å². The first-order chi connectivity index (χ1) is 14.2. The van der Waals surface area contributed by atoms with E-state index in [4.69, 9.17) is 26.5 Å². The lowest BCUT2D eigenvalue weighted by Gasteiger charge is -2.17. The molecule has 0 aliphatic rings. The number of nitrogens with one attached hydrogen (secondary N) is 1. The first kappa shape index (κ1) is 21.4.